The largest absolute Gasteiger partial charge is 0.383 e. The average Bonchev–Trinajstić information content (AvgIpc) is 3.20. The lowest BCUT2D eigenvalue weighted by Gasteiger charge is -2.29. The van der Waals surface area contributed by atoms with Crippen LogP contribution < -0.4 is 15.5 Å². The van der Waals surface area contributed by atoms with Gasteiger partial charge >= 0.3 is 6.03 Å². The number of ether oxygens (including phenoxy) is 1. The van der Waals surface area contributed by atoms with Crippen LogP contribution >= 0.6 is 0 Å². The number of fused-ring (bicyclic) bond motifs is 1. The third-order valence-electron chi connectivity index (χ3n) is 6.14. The van der Waals surface area contributed by atoms with Gasteiger partial charge in [0.2, 0.25) is 0 Å². The summed E-state index contributed by atoms with van der Waals surface area (Å²) in [4.78, 5) is 48.7. The fraction of sp³-hybridized carbons (Fsp3) is 0.417. The second kappa shape index (κ2) is 11.1. The zero-order valence-electron chi connectivity index (χ0n) is 19.9. The Labute approximate surface area is 207 Å². The molecule has 1 saturated heterocycles. The Hall–Kier alpha value is -4.08. The number of likely N-dealkylation sites (tertiary alicyclic amines) is 1. The van der Waals surface area contributed by atoms with Gasteiger partial charge < -0.3 is 20.1 Å². The molecule has 4 heterocycles. The van der Waals surface area contributed by atoms with E-state index in [1.165, 1.54) is 16.0 Å². The van der Waals surface area contributed by atoms with Crippen LogP contribution in [0.3, 0.4) is 0 Å². The number of carbonyl (C=O) groups excluding carboxylic acids is 3. The number of nitriles is 1. The summed E-state index contributed by atoms with van der Waals surface area (Å²) in [5.41, 5.74) is 2.37. The van der Waals surface area contributed by atoms with Crippen LogP contribution in [-0.2, 0) is 22.5 Å². The zero-order valence-corrected chi connectivity index (χ0v) is 19.9. The van der Waals surface area contributed by atoms with E-state index in [-0.39, 0.29) is 24.0 Å². The minimum absolute atomic E-state index is 0.142. The fourth-order valence-electron chi connectivity index (χ4n) is 4.29. The molecule has 2 aliphatic heterocycles. The summed E-state index contributed by atoms with van der Waals surface area (Å²) in [6.07, 6.45) is 2.68. The summed E-state index contributed by atoms with van der Waals surface area (Å²) < 4.78 is 5.02. The molecule has 36 heavy (non-hydrogen) atoms. The molecule has 1 unspecified atom stereocenters. The van der Waals surface area contributed by atoms with E-state index in [4.69, 9.17) is 4.74 Å². The van der Waals surface area contributed by atoms with E-state index < -0.39 is 12.1 Å². The van der Waals surface area contributed by atoms with Crippen molar-refractivity contribution in [2.45, 2.75) is 31.9 Å². The molecule has 3 N–H and O–H groups in total. The highest BCUT2D eigenvalue weighted by Gasteiger charge is 2.31. The Bertz CT molecular complexity index is 1210. The molecule has 2 aromatic rings. The number of aryl methyl sites for hydroxylation is 1. The predicted octanol–water partition coefficient (Wildman–Crippen LogP) is 1.30. The smallest absolute Gasteiger partial charge is 0.328 e. The van der Waals surface area contributed by atoms with Gasteiger partial charge in [-0.2, -0.15) is 5.26 Å². The van der Waals surface area contributed by atoms with E-state index in [2.05, 4.69) is 26.7 Å². The molecule has 3 amide bonds. The molecule has 0 aromatic carbocycles. The van der Waals surface area contributed by atoms with Gasteiger partial charge in [-0.25, -0.2) is 14.8 Å². The summed E-state index contributed by atoms with van der Waals surface area (Å²) in [6.45, 7) is 1.90. The summed E-state index contributed by atoms with van der Waals surface area (Å²) >= 11 is 0. The lowest BCUT2D eigenvalue weighted by molar-refractivity contribution is -0.134. The maximum atomic E-state index is 13.2. The fourth-order valence-corrected chi connectivity index (χ4v) is 4.29. The molecule has 2 aliphatic rings. The maximum Gasteiger partial charge on any atom is 0.328 e. The molecule has 0 radical (unpaired) electrons. The molecule has 12 heteroatoms. The molecular weight excluding hydrogens is 466 g/mol. The number of hydrogen-bond donors (Lipinski definition) is 3. The summed E-state index contributed by atoms with van der Waals surface area (Å²) in [6, 6.07) is 4.97. The Morgan fingerprint density at radius 1 is 1.39 bits per heavy atom. The number of aliphatic hydroxyl groups is 1. The summed E-state index contributed by atoms with van der Waals surface area (Å²) in [5, 5.41) is 24.9. The van der Waals surface area contributed by atoms with Crippen LogP contribution in [0.5, 0.6) is 0 Å². The number of pyridine rings is 2. The quantitative estimate of drug-likeness (QED) is 0.364. The Morgan fingerprint density at radius 2 is 2.22 bits per heavy atom. The van der Waals surface area contributed by atoms with Crippen LogP contribution in [0, 0.1) is 11.3 Å². The van der Waals surface area contributed by atoms with Gasteiger partial charge in [-0.1, -0.05) is 0 Å². The van der Waals surface area contributed by atoms with Crippen LogP contribution in [0.1, 0.15) is 40.0 Å². The number of aromatic nitrogens is 2. The van der Waals surface area contributed by atoms with Crippen molar-refractivity contribution in [3.63, 3.8) is 0 Å². The van der Waals surface area contributed by atoms with Gasteiger partial charge in [0.05, 0.1) is 17.9 Å². The molecule has 1 fully saturated rings. The van der Waals surface area contributed by atoms with Crippen molar-refractivity contribution < 1.29 is 24.2 Å². The van der Waals surface area contributed by atoms with E-state index in [1.807, 2.05) is 0 Å². The van der Waals surface area contributed by atoms with Crippen LogP contribution in [0.15, 0.2) is 18.3 Å². The average molecular weight is 494 g/mol. The van der Waals surface area contributed by atoms with Gasteiger partial charge in [0.25, 0.3) is 5.91 Å². The first kappa shape index (κ1) is 25.0. The number of amides is 3. The molecule has 0 spiro atoms. The van der Waals surface area contributed by atoms with Crippen LogP contribution in [0.4, 0.5) is 22.1 Å². The maximum absolute atomic E-state index is 13.2. The molecule has 2 aromatic heterocycles. The van der Waals surface area contributed by atoms with Gasteiger partial charge in [0.1, 0.15) is 29.5 Å². The topological polar surface area (TPSA) is 161 Å². The van der Waals surface area contributed by atoms with Gasteiger partial charge in [-0.15, -0.1) is 0 Å². The second-order valence-electron chi connectivity index (χ2n) is 8.53. The first-order valence-electron chi connectivity index (χ1n) is 11.6. The number of anilines is 3. The third-order valence-corrected chi connectivity index (χ3v) is 6.14. The number of methoxy groups -OCH3 is 1. The molecule has 1 atom stereocenters. The molecule has 4 rings (SSSR count). The number of nitrogens with zero attached hydrogens (tertiary/aromatic N) is 5. The van der Waals surface area contributed by atoms with Gasteiger partial charge in [0.15, 0.2) is 6.29 Å². The second-order valence-corrected chi connectivity index (χ2v) is 8.53. The number of carbonyl (C=O) groups is 3. The van der Waals surface area contributed by atoms with Crippen molar-refractivity contribution in [2.24, 2.45) is 0 Å². The molecule has 188 valence electrons. The highest BCUT2D eigenvalue weighted by molar-refractivity contribution is 6.02. The lowest BCUT2D eigenvalue weighted by atomic mass is 10.0. The summed E-state index contributed by atoms with van der Waals surface area (Å²) in [7, 11) is 1.57. The van der Waals surface area contributed by atoms with Crippen molar-refractivity contribution in [1.29, 1.82) is 5.26 Å². The van der Waals surface area contributed by atoms with Crippen LogP contribution in [-0.4, -0.2) is 77.7 Å². The molecule has 0 aliphatic carbocycles. The lowest BCUT2D eigenvalue weighted by Crippen LogP contribution is -2.40. The normalized spacial score (nSPS) is 16.9. The van der Waals surface area contributed by atoms with Crippen LogP contribution in [0.25, 0.3) is 0 Å². The van der Waals surface area contributed by atoms with Gasteiger partial charge in [-0.05, 0) is 30.9 Å². The number of urea groups is 1. The van der Waals surface area contributed by atoms with Crippen molar-refractivity contribution in [3.8, 4) is 6.07 Å². The molecule has 0 bridgehead atoms. The summed E-state index contributed by atoms with van der Waals surface area (Å²) in [5.74, 6) is 0.269. The standard InChI is InChI=1S/C24H27N7O5/c1-36-8-5-26-18-10-21(27-12-17(18)11-25)29-24(35)31-6-2-3-15-9-16(19(14-32)28-22(15)31)13-30-7-4-20(33)23(30)34/h9-10,12,14,20,33H,2-8,13H2,1H3,(H2,26,27,29,35). The Kier molecular flexibility index (Phi) is 7.72. The highest BCUT2D eigenvalue weighted by Crippen LogP contribution is 2.29. The third kappa shape index (κ3) is 5.27. The molecule has 0 saturated carbocycles. The number of nitrogens with one attached hydrogen (secondary N) is 2. The first-order chi connectivity index (χ1) is 17.4. The van der Waals surface area contributed by atoms with Crippen molar-refractivity contribution in [2.75, 3.05) is 48.9 Å². The van der Waals surface area contributed by atoms with E-state index in [9.17, 15) is 24.8 Å². The van der Waals surface area contributed by atoms with Crippen molar-refractivity contribution in [3.05, 3.63) is 40.7 Å². The number of aliphatic hydroxyl groups excluding tert-OH is 1. The van der Waals surface area contributed by atoms with E-state index in [1.54, 1.807) is 19.2 Å². The number of hydrogen-bond acceptors (Lipinski definition) is 9. The zero-order chi connectivity index (χ0) is 25.7. The molecular formula is C24H27N7O5. The van der Waals surface area contributed by atoms with Gasteiger partial charge in [-0.3, -0.25) is 19.8 Å². The van der Waals surface area contributed by atoms with Gasteiger partial charge in [0, 0.05) is 51.1 Å². The highest BCUT2D eigenvalue weighted by atomic mass is 16.5. The van der Waals surface area contributed by atoms with E-state index in [0.717, 1.165) is 5.56 Å². The van der Waals surface area contributed by atoms with Crippen molar-refractivity contribution >= 4 is 35.5 Å². The minimum Gasteiger partial charge on any atom is -0.383 e. The predicted molar refractivity (Wildman–Crippen MR) is 130 cm³/mol. The van der Waals surface area contributed by atoms with E-state index >= 15 is 0 Å². The SMILES string of the molecule is COCCNc1cc(NC(=O)N2CCCc3cc(CN4CCC(O)C4=O)c(C=O)nc32)ncc1C#N. The minimum atomic E-state index is -1.01. The molecule has 12 nitrogen and oxygen atoms in total. The Balaban J connectivity index is 1.54. The van der Waals surface area contributed by atoms with Crippen molar-refractivity contribution in [1.82, 2.24) is 14.9 Å². The number of aldehydes is 1. The van der Waals surface area contributed by atoms with Crippen LogP contribution in [0.2, 0.25) is 0 Å². The first-order valence-corrected chi connectivity index (χ1v) is 11.6. The monoisotopic (exact) mass is 493 g/mol. The number of rotatable bonds is 8. The van der Waals surface area contributed by atoms with E-state index in [0.29, 0.717) is 74.4 Å². The Morgan fingerprint density at radius 3 is 2.92 bits per heavy atom.